The third kappa shape index (κ3) is 1.30. The van der Waals surface area contributed by atoms with Gasteiger partial charge in [0.2, 0.25) is 5.82 Å². The Bertz CT molecular complexity index is 308. The molecule has 0 bridgehead atoms. The van der Waals surface area contributed by atoms with E-state index in [1.165, 1.54) is 19.3 Å². The summed E-state index contributed by atoms with van der Waals surface area (Å²) in [6.45, 7) is 3.44. The maximum Gasteiger partial charge on any atom is 0.201 e. The molecular weight excluding hydrogens is 162 g/mol. The Morgan fingerprint density at radius 2 is 2.08 bits per heavy atom. The van der Waals surface area contributed by atoms with Crippen molar-refractivity contribution in [2.75, 3.05) is 7.11 Å². The van der Waals surface area contributed by atoms with Crippen molar-refractivity contribution in [3.8, 4) is 5.75 Å². The number of hydrogen-bond donors (Lipinski definition) is 0. The topological polar surface area (TPSA) is 9.23 Å². The van der Waals surface area contributed by atoms with Gasteiger partial charge in [0.25, 0.3) is 0 Å². The van der Waals surface area contributed by atoms with Crippen molar-refractivity contribution in [2.24, 2.45) is 0 Å². The number of halogens is 2. The van der Waals surface area contributed by atoms with E-state index >= 15 is 0 Å². The van der Waals surface area contributed by atoms with Crippen molar-refractivity contribution in [2.45, 2.75) is 0 Å². The average Bonchev–Trinajstić information content (AvgIpc) is 2.09. The van der Waals surface area contributed by atoms with Crippen molar-refractivity contribution >= 4 is 6.08 Å². The van der Waals surface area contributed by atoms with Crippen LogP contribution in [-0.2, 0) is 0 Å². The molecule has 0 unspecified atom stereocenters. The third-order valence-corrected chi connectivity index (χ3v) is 1.50. The molecule has 1 nitrogen and oxygen atoms in total. The summed E-state index contributed by atoms with van der Waals surface area (Å²) in [7, 11) is 1.28. The first-order valence-electron chi connectivity index (χ1n) is 3.35. The van der Waals surface area contributed by atoms with Crippen LogP contribution in [0.15, 0.2) is 18.7 Å². The molecule has 3 heteroatoms. The Morgan fingerprint density at radius 1 is 1.42 bits per heavy atom. The van der Waals surface area contributed by atoms with Gasteiger partial charge >= 0.3 is 0 Å². The summed E-state index contributed by atoms with van der Waals surface area (Å²) in [5, 5.41) is 0. The zero-order chi connectivity index (χ0) is 9.14. The average molecular weight is 170 g/mol. The molecule has 0 saturated carbocycles. The molecule has 12 heavy (non-hydrogen) atoms. The fourth-order valence-corrected chi connectivity index (χ4v) is 0.915. The molecule has 1 aromatic carbocycles. The summed E-state index contributed by atoms with van der Waals surface area (Å²) in [6, 6.07) is 2.44. The highest BCUT2D eigenvalue weighted by atomic mass is 19.2. The Kier molecular flexibility index (Phi) is 2.43. The maximum atomic E-state index is 12.9. The molecule has 0 aliphatic carbocycles. The van der Waals surface area contributed by atoms with Gasteiger partial charge in [-0.15, -0.1) is 0 Å². The summed E-state index contributed by atoms with van der Waals surface area (Å²) in [5.74, 6) is -2.00. The molecule has 0 atom stereocenters. The zero-order valence-corrected chi connectivity index (χ0v) is 6.60. The number of rotatable bonds is 2. The van der Waals surface area contributed by atoms with Gasteiger partial charge in [-0.3, -0.25) is 0 Å². The van der Waals surface area contributed by atoms with E-state index in [1.54, 1.807) is 0 Å². The summed E-state index contributed by atoms with van der Waals surface area (Å²) in [6.07, 6.45) is 1.40. The first kappa shape index (κ1) is 8.71. The lowest BCUT2D eigenvalue weighted by molar-refractivity contribution is 0.371. The summed E-state index contributed by atoms with van der Waals surface area (Å²) in [5.41, 5.74) is 0.441. The van der Waals surface area contributed by atoms with E-state index < -0.39 is 11.6 Å². The second-order valence-corrected chi connectivity index (χ2v) is 2.19. The van der Waals surface area contributed by atoms with E-state index in [0.717, 1.165) is 6.07 Å². The van der Waals surface area contributed by atoms with Crippen molar-refractivity contribution in [1.82, 2.24) is 0 Å². The van der Waals surface area contributed by atoms with Crippen LogP contribution in [0, 0.1) is 11.6 Å². The first-order valence-corrected chi connectivity index (χ1v) is 3.35. The van der Waals surface area contributed by atoms with E-state index in [1.807, 2.05) is 0 Å². The van der Waals surface area contributed by atoms with Crippen LogP contribution in [0.2, 0.25) is 0 Å². The Morgan fingerprint density at radius 3 is 2.58 bits per heavy atom. The van der Waals surface area contributed by atoms with Gasteiger partial charge in [-0.05, 0) is 12.1 Å². The highest BCUT2D eigenvalue weighted by Gasteiger charge is 2.11. The van der Waals surface area contributed by atoms with Crippen LogP contribution in [0.1, 0.15) is 5.56 Å². The number of ether oxygens (including phenoxy) is 1. The van der Waals surface area contributed by atoms with Gasteiger partial charge in [0.15, 0.2) is 11.6 Å². The summed E-state index contributed by atoms with van der Waals surface area (Å²) < 4.78 is 30.2. The molecule has 0 aromatic heterocycles. The molecule has 0 amide bonds. The highest BCUT2D eigenvalue weighted by Crippen LogP contribution is 2.25. The third-order valence-electron chi connectivity index (χ3n) is 1.50. The second kappa shape index (κ2) is 3.34. The van der Waals surface area contributed by atoms with Gasteiger partial charge in [0, 0.05) is 5.56 Å². The molecule has 1 rings (SSSR count). The van der Waals surface area contributed by atoms with Crippen molar-refractivity contribution in [3.05, 3.63) is 35.9 Å². The zero-order valence-electron chi connectivity index (χ0n) is 6.60. The SMILES string of the molecule is C=Cc1ccc(F)c(F)c1OC. The molecule has 1 aromatic rings. The Hall–Kier alpha value is -1.38. The fourth-order valence-electron chi connectivity index (χ4n) is 0.915. The van der Waals surface area contributed by atoms with Crippen LogP contribution in [-0.4, -0.2) is 7.11 Å². The van der Waals surface area contributed by atoms with Gasteiger partial charge in [0.05, 0.1) is 7.11 Å². The predicted molar refractivity (Wildman–Crippen MR) is 43.0 cm³/mol. The molecule has 0 aliphatic heterocycles. The standard InChI is InChI=1S/C9H8F2O/c1-3-6-4-5-7(10)8(11)9(6)12-2/h3-5H,1H2,2H3. The molecule has 0 heterocycles. The quantitative estimate of drug-likeness (QED) is 0.662. The second-order valence-electron chi connectivity index (χ2n) is 2.19. The number of methoxy groups -OCH3 is 1. The Balaban J connectivity index is 3.35. The predicted octanol–water partition coefficient (Wildman–Crippen LogP) is 2.62. The molecular formula is C9H8F2O. The van der Waals surface area contributed by atoms with E-state index in [4.69, 9.17) is 0 Å². The van der Waals surface area contributed by atoms with Crippen LogP contribution in [0.25, 0.3) is 6.08 Å². The van der Waals surface area contributed by atoms with Crippen LogP contribution in [0.5, 0.6) is 5.75 Å². The molecule has 64 valence electrons. The van der Waals surface area contributed by atoms with Crippen molar-refractivity contribution in [1.29, 1.82) is 0 Å². The lowest BCUT2D eigenvalue weighted by Gasteiger charge is -2.05. The lowest BCUT2D eigenvalue weighted by Crippen LogP contribution is -1.94. The van der Waals surface area contributed by atoms with E-state index in [-0.39, 0.29) is 5.75 Å². The molecule has 0 fully saturated rings. The Labute approximate surface area is 69.3 Å². The summed E-state index contributed by atoms with van der Waals surface area (Å²) >= 11 is 0. The molecule has 0 aliphatic rings. The number of benzene rings is 1. The van der Waals surface area contributed by atoms with Crippen LogP contribution >= 0.6 is 0 Å². The van der Waals surface area contributed by atoms with Crippen molar-refractivity contribution in [3.63, 3.8) is 0 Å². The van der Waals surface area contributed by atoms with Gasteiger partial charge in [-0.25, -0.2) is 4.39 Å². The molecule has 0 saturated heterocycles. The monoisotopic (exact) mass is 170 g/mol. The lowest BCUT2D eigenvalue weighted by atomic mass is 10.2. The van der Waals surface area contributed by atoms with Gasteiger partial charge in [0.1, 0.15) is 0 Å². The van der Waals surface area contributed by atoms with Gasteiger partial charge < -0.3 is 4.74 Å². The smallest absolute Gasteiger partial charge is 0.201 e. The normalized spacial score (nSPS) is 9.58. The minimum absolute atomic E-state index is 0.106. The largest absolute Gasteiger partial charge is 0.493 e. The van der Waals surface area contributed by atoms with Gasteiger partial charge in [-0.2, -0.15) is 4.39 Å². The molecule has 0 radical (unpaired) electrons. The van der Waals surface area contributed by atoms with E-state index in [0.29, 0.717) is 5.56 Å². The maximum absolute atomic E-state index is 12.9. The van der Waals surface area contributed by atoms with Crippen LogP contribution < -0.4 is 4.74 Å². The highest BCUT2D eigenvalue weighted by molar-refractivity contribution is 5.56. The number of hydrogen-bond acceptors (Lipinski definition) is 1. The minimum Gasteiger partial charge on any atom is -0.493 e. The van der Waals surface area contributed by atoms with Crippen LogP contribution in [0.3, 0.4) is 0 Å². The molecule has 0 N–H and O–H groups in total. The first-order chi connectivity index (χ1) is 5.70. The molecule has 0 spiro atoms. The van der Waals surface area contributed by atoms with Gasteiger partial charge in [-0.1, -0.05) is 12.7 Å². The van der Waals surface area contributed by atoms with Crippen LogP contribution in [0.4, 0.5) is 8.78 Å². The van der Waals surface area contributed by atoms with E-state index in [2.05, 4.69) is 11.3 Å². The van der Waals surface area contributed by atoms with Crippen molar-refractivity contribution < 1.29 is 13.5 Å². The fraction of sp³-hybridized carbons (Fsp3) is 0.111. The van der Waals surface area contributed by atoms with E-state index in [9.17, 15) is 8.78 Å². The minimum atomic E-state index is -0.977. The summed E-state index contributed by atoms with van der Waals surface area (Å²) in [4.78, 5) is 0.